The number of nitrogens with zero attached hydrogens (tertiary/aromatic N) is 2. The molecule has 0 aromatic heterocycles. The molecule has 2 aromatic rings. The van der Waals surface area contributed by atoms with Gasteiger partial charge in [0.15, 0.2) is 0 Å². The van der Waals surface area contributed by atoms with Gasteiger partial charge in [0.1, 0.15) is 11.6 Å². The van der Waals surface area contributed by atoms with Crippen LogP contribution in [0.3, 0.4) is 0 Å². The molecule has 4 rings (SSSR count). The Bertz CT molecular complexity index is 1100. The molecule has 1 aliphatic carbocycles. The number of hydrogen-bond donors (Lipinski definition) is 1. The van der Waals surface area contributed by atoms with Crippen LogP contribution in [0.4, 0.5) is 8.78 Å². The second-order valence-electron chi connectivity index (χ2n) is 10.6. The summed E-state index contributed by atoms with van der Waals surface area (Å²) in [4.78, 5) is 29.4. The molecule has 2 aliphatic rings. The van der Waals surface area contributed by atoms with Crippen LogP contribution in [0.2, 0.25) is 0 Å². The van der Waals surface area contributed by atoms with Gasteiger partial charge in [0.2, 0.25) is 11.8 Å². The van der Waals surface area contributed by atoms with Gasteiger partial charge in [0.25, 0.3) is 0 Å². The van der Waals surface area contributed by atoms with Gasteiger partial charge in [-0.2, -0.15) is 0 Å². The van der Waals surface area contributed by atoms with E-state index in [1.54, 1.807) is 0 Å². The number of likely N-dealkylation sites (tertiary alicyclic amines) is 1. The number of amides is 2. The lowest BCUT2D eigenvalue weighted by molar-refractivity contribution is -0.137. The molecule has 5 nitrogen and oxygen atoms in total. The van der Waals surface area contributed by atoms with Crippen LogP contribution in [0, 0.1) is 17.6 Å². The summed E-state index contributed by atoms with van der Waals surface area (Å²) in [7, 11) is 3.97. The molecule has 1 aliphatic heterocycles. The smallest absolute Gasteiger partial charge is 0.226 e. The lowest BCUT2D eigenvalue weighted by atomic mass is 9.83. The number of piperidine rings is 1. The molecule has 0 bridgehead atoms. The van der Waals surface area contributed by atoms with Crippen molar-refractivity contribution in [2.45, 2.75) is 63.5 Å². The fraction of sp³-hybridized carbons (Fsp3) is 0.517. The Morgan fingerprint density at radius 2 is 1.72 bits per heavy atom. The molecule has 1 saturated carbocycles. The SMILES string of the molecule is CC(=O)N[C@@H](C)c1ccccc1C1CCN(C(=O)[C@@H]2C[C@H](N(C)C)CC2c2ccc(F)cc2F)CC1. The van der Waals surface area contributed by atoms with Gasteiger partial charge in [-0.25, -0.2) is 8.78 Å². The van der Waals surface area contributed by atoms with E-state index >= 15 is 0 Å². The zero-order valence-electron chi connectivity index (χ0n) is 21.6. The molecule has 36 heavy (non-hydrogen) atoms. The third-order valence-electron chi connectivity index (χ3n) is 8.08. The second kappa shape index (κ2) is 11.1. The number of halogens is 2. The summed E-state index contributed by atoms with van der Waals surface area (Å²) in [5.74, 6) is -1.42. The topological polar surface area (TPSA) is 52.7 Å². The largest absolute Gasteiger partial charge is 0.350 e. The van der Waals surface area contributed by atoms with Crippen molar-refractivity contribution in [1.29, 1.82) is 0 Å². The fourth-order valence-corrected chi connectivity index (χ4v) is 6.16. The van der Waals surface area contributed by atoms with Gasteiger partial charge in [-0.1, -0.05) is 30.3 Å². The van der Waals surface area contributed by atoms with E-state index in [4.69, 9.17) is 0 Å². The van der Waals surface area contributed by atoms with E-state index in [0.717, 1.165) is 24.5 Å². The Morgan fingerprint density at radius 3 is 2.36 bits per heavy atom. The third-order valence-corrected chi connectivity index (χ3v) is 8.08. The molecule has 1 heterocycles. The summed E-state index contributed by atoms with van der Waals surface area (Å²) in [5.41, 5.74) is 2.79. The first-order valence-electron chi connectivity index (χ1n) is 12.9. The summed E-state index contributed by atoms with van der Waals surface area (Å²) in [6.45, 7) is 4.81. The second-order valence-corrected chi connectivity index (χ2v) is 10.6. The van der Waals surface area contributed by atoms with E-state index in [2.05, 4.69) is 22.3 Å². The molecule has 194 valence electrons. The number of hydrogen-bond acceptors (Lipinski definition) is 3. The Labute approximate surface area is 212 Å². The molecule has 2 aromatic carbocycles. The molecule has 7 heteroatoms. The fourth-order valence-electron chi connectivity index (χ4n) is 6.16. The maximum absolute atomic E-state index is 14.7. The van der Waals surface area contributed by atoms with Crippen molar-refractivity contribution in [3.8, 4) is 0 Å². The van der Waals surface area contributed by atoms with Gasteiger partial charge in [0.05, 0.1) is 6.04 Å². The number of carbonyl (C=O) groups is 2. The zero-order chi connectivity index (χ0) is 26.0. The average Bonchev–Trinajstić information content (AvgIpc) is 3.29. The maximum Gasteiger partial charge on any atom is 0.226 e. The van der Waals surface area contributed by atoms with Gasteiger partial charge in [-0.15, -0.1) is 0 Å². The monoisotopic (exact) mass is 497 g/mol. The van der Waals surface area contributed by atoms with Crippen molar-refractivity contribution in [3.63, 3.8) is 0 Å². The minimum atomic E-state index is -0.601. The van der Waals surface area contributed by atoms with Crippen LogP contribution in [0.1, 0.15) is 74.1 Å². The summed E-state index contributed by atoms with van der Waals surface area (Å²) >= 11 is 0. The summed E-state index contributed by atoms with van der Waals surface area (Å²) < 4.78 is 28.3. The van der Waals surface area contributed by atoms with Crippen LogP contribution in [0.15, 0.2) is 42.5 Å². The average molecular weight is 498 g/mol. The Balaban J connectivity index is 1.48. The van der Waals surface area contributed by atoms with Crippen molar-refractivity contribution < 1.29 is 18.4 Å². The minimum absolute atomic E-state index is 0.0579. The van der Waals surface area contributed by atoms with Crippen LogP contribution in [0.25, 0.3) is 0 Å². The van der Waals surface area contributed by atoms with Crippen LogP contribution in [-0.4, -0.2) is 54.8 Å². The quantitative estimate of drug-likeness (QED) is 0.612. The van der Waals surface area contributed by atoms with Gasteiger partial charge < -0.3 is 15.1 Å². The molecule has 4 atom stereocenters. The molecular weight excluding hydrogens is 460 g/mol. The zero-order valence-corrected chi connectivity index (χ0v) is 21.6. The first kappa shape index (κ1) is 26.3. The lowest BCUT2D eigenvalue weighted by Crippen LogP contribution is -2.42. The van der Waals surface area contributed by atoms with E-state index in [1.807, 2.05) is 38.1 Å². The molecule has 1 saturated heterocycles. The molecule has 0 radical (unpaired) electrons. The van der Waals surface area contributed by atoms with Crippen LogP contribution >= 0.6 is 0 Å². The van der Waals surface area contributed by atoms with Gasteiger partial charge in [-0.3, -0.25) is 9.59 Å². The Hall–Kier alpha value is -2.80. The first-order valence-corrected chi connectivity index (χ1v) is 12.9. The summed E-state index contributed by atoms with van der Waals surface area (Å²) in [6.07, 6.45) is 3.03. The highest BCUT2D eigenvalue weighted by Crippen LogP contribution is 2.44. The number of nitrogens with one attached hydrogen (secondary N) is 1. The van der Waals surface area contributed by atoms with Crippen molar-refractivity contribution in [1.82, 2.24) is 15.1 Å². The Kier molecular flexibility index (Phi) is 8.08. The van der Waals surface area contributed by atoms with Gasteiger partial charge in [-0.05, 0) is 81.3 Å². The first-order chi connectivity index (χ1) is 17.2. The normalized spacial score (nSPS) is 23.6. The molecule has 1 N–H and O–H groups in total. The van der Waals surface area contributed by atoms with E-state index in [0.29, 0.717) is 37.4 Å². The molecule has 0 spiro atoms. The van der Waals surface area contributed by atoms with Crippen molar-refractivity contribution in [2.24, 2.45) is 5.92 Å². The van der Waals surface area contributed by atoms with Gasteiger partial charge >= 0.3 is 0 Å². The number of rotatable bonds is 6. The van der Waals surface area contributed by atoms with Gasteiger partial charge in [0, 0.05) is 38.0 Å². The summed E-state index contributed by atoms with van der Waals surface area (Å²) in [6, 6.07) is 12.0. The predicted octanol–water partition coefficient (Wildman–Crippen LogP) is 4.99. The van der Waals surface area contributed by atoms with Crippen molar-refractivity contribution in [2.75, 3.05) is 27.2 Å². The van der Waals surface area contributed by atoms with Crippen LogP contribution < -0.4 is 5.32 Å². The summed E-state index contributed by atoms with van der Waals surface area (Å²) in [5, 5.41) is 2.98. The lowest BCUT2D eigenvalue weighted by Gasteiger charge is -2.36. The minimum Gasteiger partial charge on any atom is -0.350 e. The number of benzene rings is 2. The van der Waals surface area contributed by atoms with Crippen LogP contribution in [0.5, 0.6) is 0 Å². The maximum atomic E-state index is 14.7. The predicted molar refractivity (Wildman–Crippen MR) is 137 cm³/mol. The number of carbonyl (C=O) groups excluding carboxylic acids is 2. The highest BCUT2D eigenvalue weighted by Gasteiger charge is 2.43. The standard InChI is InChI=1S/C29H37F2N3O2/c1-18(32-19(2)35)23-7-5-6-8-24(23)20-11-13-34(14-12-20)29(36)27-17-22(33(3)4)16-26(27)25-10-9-21(30)15-28(25)31/h5-10,15,18,20,22,26-27H,11-14,16-17H2,1-4H3,(H,32,35)/t18-,22+,26?,27+/m0/s1. The van der Waals surface area contributed by atoms with E-state index in [1.165, 1.54) is 24.6 Å². The van der Waals surface area contributed by atoms with E-state index < -0.39 is 11.6 Å². The molecule has 1 unspecified atom stereocenters. The molecular formula is C29H37F2N3O2. The molecule has 2 fully saturated rings. The molecule has 2 amide bonds. The Morgan fingerprint density at radius 1 is 1.03 bits per heavy atom. The van der Waals surface area contributed by atoms with E-state index in [9.17, 15) is 18.4 Å². The van der Waals surface area contributed by atoms with Crippen molar-refractivity contribution >= 4 is 11.8 Å². The third kappa shape index (κ3) is 5.61. The highest BCUT2D eigenvalue weighted by molar-refractivity contribution is 5.80. The van der Waals surface area contributed by atoms with Crippen molar-refractivity contribution in [3.05, 3.63) is 70.8 Å². The van der Waals surface area contributed by atoms with Crippen LogP contribution in [-0.2, 0) is 9.59 Å². The van der Waals surface area contributed by atoms with E-state index in [-0.39, 0.29) is 35.7 Å². The highest BCUT2D eigenvalue weighted by atomic mass is 19.1.